The van der Waals surface area contributed by atoms with Crippen LogP contribution >= 0.6 is 0 Å². The largest absolute Gasteiger partial charge is 0.348 e. The number of aromatic amines is 2. The zero-order valence-electron chi connectivity index (χ0n) is 18.2. The summed E-state index contributed by atoms with van der Waals surface area (Å²) in [6.45, 7) is 11.7. The minimum Gasteiger partial charge on any atom is -0.348 e. The van der Waals surface area contributed by atoms with Gasteiger partial charge in [-0.3, -0.25) is 9.89 Å². The zero-order valence-corrected chi connectivity index (χ0v) is 18.2. The number of imidazole rings is 1. The fourth-order valence-electron chi connectivity index (χ4n) is 4.84. The lowest BCUT2D eigenvalue weighted by Crippen LogP contribution is -2.57. The smallest absolute Gasteiger partial charge is 0.255 e. The highest BCUT2D eigenvalue weighted by molar-refractivity contribution is 6.01. The van der Waals surface area contributed by atoms with Crippen molar-refractivity contribution in [3.63, 3.8) is 0 Å². The molecule has 7 nitrogen and oxygen atoms in total. The number of amides is 1. The van der Waals surface area contributed by atoms with Gasteiger partial charge in [0.05, 0.1) is 16.6 Å². The first-order valence-electron chi connectivity index (χ1n) is 10.9. The number of hydrogen-bond donors (Lipinski definition) is 3. The number of fused-ring (bicyclic) bond motifs is 4. The van der Waals surface area contributed by atoms with E-state index in [2.05, 4.69) is 58.3 Å². The van der Waals surface area contributed by atoms with Crippen LogP contribution in [0.25, 0.3) is 22.6 Å². The first-order valence-corrected chi connectivity index (χ1v) is 10.9. The number of H-pyrrole nitrogens is 2. The Hall–Kier alpha value is -2.67. The maximum absolute atomic E-state index is 13.2. The summed E-state index contributed by atoms with van der Waals surface area (Å²) < 4.78 is 0. The van der Waals surface area contributed by atoms with E-state index in [9.17, 15) is 4.79 Å². The molecule has 0 saturated carbocycles. The second kappa shape index (κ2) is 6.94. The van der Waals surface area contributed by atoms with Gasteiger partial charge < -0.3 is 15.2 Å². The van der Waals surface area contributed by atoms with Crippen molar-refractivity contribution in [2.24, 2.45) is 5.92 Å². The highest BCUT2D eigenvalue weighted by Gasteiger charge is 2.36. The summed E-state index contributed by atoms with van der Waals surface area (Å²) in [6.07, 6.45) is 2.34. The van der Waals surface area contributed by atoms with Crippen LogP contribution < -0.4 is 5.32 Å². The van der Waals surface area contributed by atoms with Gasteiger partial charge in [0.15, 0.2) is 5.82 Å². The van der Waals surface area contributed by atoms with Gasteiger partial charge in [-0.2, -0.15) is 5.10 Å². The molecule has 0 aliphatic carbocycles. The van der Waals surface area contributed by atoms with Gasteiger partial charge in [-0.1, -0.05) is 26.8 Å². The molecule has 3 aliphatic rings. The van der Waals surface area contributed by atoms with E-state index < -0.39 is 0 Å². The summed E-state index contributed by atoms with van der Waals surface area (Å²) in [5, 5.41) is 10.7. The van der Waals surface area contributed by atoms with E-state index in [1.54, 1.807) is 0 Å². The molecular formula is C23H30N6O. The summed E-state index contributed by atoms with van der Waals surface area (Å²) >= 11 is 0. The monoisotopic (exact) mass is 406 g/mol. The molecule has 1 aromatic carbocycles. The van der Waals surface area contributed by atoms with E-state index in [1.165, 1.54) is 18.4 Å². The Morgan fingerprint density at radius 1 is 1.23 bits per heavy atom. The fourth-order valence-corrected chi connectivity index (χ4v) is 4.84. The third-order valence-corrected chi connectivity index (χ3v) is 6.72. The maximum Gasteiger partial charge on any atom is 0.255 e. The summed E-state index contributed by atoms with van der Waals surface area (Å²) in [5.74, 6) is 1.14. The van der Waals surface area contributed by atoms with Gasteiger partial charge >= 0.3 is 0 Å². The number of piperidine rings is 3. The van der Waals surface area contributed by atoms with Gasteiger partial charge in [0.2, 0.25) is 0 Å². The van der Waals surface area contributed by atoms with E-state index in [0.29, 0.717) is 23.0 Å². The molecule has 6 rings (SSSR count). The number of carbonyl (C=O) groups excluding carboxylic acids is 1. The topological polar surface area (TPSA) is 89.7 Å². The first-order chi connectivity index (χ1) is 14.3. The van der Waals surface area contributed by atoms with E-state index in [4.69, 9.17) is 4.98 Å². The Bertz CT molecular complexity index is 1100. The van der Waals surface area contributed by atoms with Crippen molar-refractivity contribution >= 4 is 16.9 Å². The van der Waals surface area contributed by atoms with E-state index in [1.807, 2.05) is 13.0 Å². The summed E-state index contributed by atoms with van der Waals surface area (Å²) in [6, 6.07) is 6.50. The summed E-state index contributed by atoms with van der Waals surface area (Å²) in [7, 11) is 0. The molecule has 158 valence electrons. The predicted molar refractivity (Wildman–Crippen MR) is 118 cm³/mol. The van der Waals surface area contributed by atoms with Gasteiger partial charge in [0.1, 0.15) is 5.69 Å². The molecule has 3 fully saturated rings. The van der Waals surface area contributed by atoms with Crippen LogP contribution in [0.5, 0.6) is 0 Å². The molecule has 0 spiro atoms. The Balaban J connectivity index is 1.45. The quantitative estimate of drug-likeness (QED) is 0.622. The lowest BCUT2D eigenvalue weighted by molar-refractivity contribution is 0.0620. The minimum atomic E-state index is -0.0640. The molecule has 1 atom stereocenters. The maximum atomic E-state index is 13.2. The molecule has 3 saturated heterocycles. The number of nitrogens with one attached hydrogen (secondary N) is 3. The third-order valence-electron chi connectivity index (χ3n) is 6.72. The van der Waals surface area contributed by atoms with Crippen molar-refractivity contribution in [2.75, 3.05) is 19.6 Å². The number of rotatable bonds is 3. The van der Waals surface area contributed by atoms with Crippen molar-refractivity contribution in [1.82, 2.24) is 30.4 Å². The fraction of sp³-hybridized carbons (Fsp3) is 0.522. The van der Waals surface area contributed by atoms with Crippen LogP contribution in [0.2, 0.25) is 0 Å². The molecule has 5 heterocycles. The van der Waals surface area contributed by atoms with Gasteiger partial charge in [-0.05, 0) is 61.9 Å². The SMILES string of the molecule is Cc1[nH]nc(-c2nc3ccc(C(C)(C)C)cc3[nH]2)c1C(=O)N[C@@H]1CN2CCC1CC2. The highest BCUT2D eigenvalue weighted by Crippen LogP contribution is 2.30. The average Bonchev–Trinajstić information content (AvgIpc) is 3.30. The summed E-state index contributed by atoms with van der Waals surface area (Å²) in [5.41, 5.74) is 5.07. The zero-order chi connectivity index (χ0) is 21.0. The number of carbonyl (C=O) groups is 1. The van der Waals surface area contributed by atoms with Crippen LogP contribution in [0, 0.1) is 12.8 Å². The van der Waals surface area contributed by atoms with Gasteiger partial charge in [-0.25, -0.2) is 4.98 Å². The van der Waals surface area contributed by atoms with E-state index in [0.717, 1.165) is 36.4 Å². The molecule has 2 bridgehead atoms. The van der Waals surface area contributed by atoms with Gasteiger partial charge in [0, 0.05) is 18.3 Å². The number of aromatic nitrogens is 4. The number of nitrogens with zero attached hydrogens (tertiary/aromatic N) is 3. The molecule has 0 radical (unpaired) electrons. The molecule has 3 aromatic rings. The van der Waals surface area contributed by atoms with Crippen molar-refractivity contribution in [3.05, 3.63) is 35.0 Å². The van der Waals surface area contributed by atoms with Gasteiger partial charge in [-0.15, -0.1) is 0 Å². The Labute approximate surface area is 176 Å². The molecule has 1 amide bonds. The van der Waals surface area contributed by atoms with E-state index in [-0.39, 0.29) is 17.4 Å². The third kappa shape index (κ3) is 3.31. The van der Waals surface area contributed by atoms with Crippen LogP contribution in [0.1, 0.15) is 55.2 Å². The van der Waals surface area contributed by atoms with Crippen LogP contribution in [-0.2, 0) is 5.41 Å². The molecule has 0 unspecified atom stereocenters. The normalized spacial score (nSPS) is 23.8. The highest BCUT2D eigenvalue weighted by atomic mass is 16.1. The predicted octanol–water partition coefficient (Wildman–Crippen LogP) is 3.38. The first kappa shape index (κ1) is 19.3. The van der Waals surface area contributed by atoms with Crippen molar-refractivity contribution in [3.8, 4) is 11.5 Å². The molecule has 7 heteroatoms. The van der Waals surface area contributed by atoms with Crippen molar-refractivity contribution < 1.29 is 4.79 Å². The molecule has 3 N–H and O–H groups in total. The number of benzene rings is 1. The Kier molecular flexibility index (Phi) is 4.47. The van der Waals surface area contributed by atoms with Crippen LogP contribution in [0.4, 0.5) is 0 Å². The van der Waals surface area contributed by atoms with Crippen LogP contribution in [0.3, 0.4) is 0 Å². The number of aryl methyl sites for hydroxylation is 1. The second-order valence-electron chi connectivity index (χ2n) is 9.86. The molecule has 3 aliphatic heterocycles. The second-order valence-corrected chi connectivity index (χ2v) is 9.86. The lowest BCUT2D eigenvalue weighted by atomic mass is 9.84. The molecular weight excluding hydrogens is 376 g/mol. The Morgan fingerprint density at radius 2 is 2.00 bits per heavy atom. The average molecular weight is 407 g/mol. The standard InChI is InChI=1S/C23H30N6O/c1-13-19(22(30)26-18-12-29-9-7-14(18)8-10-29)20(28-27-13)21-24-16-6-5-15(23(2,3)4)11-17(16)25-21/h5-6,11,14,18H,7-10,12H2,1-4H3,(H,24,25)(H,26,30)(H,27,28)/t18-/m1/s1. The number of hydrogen-bond acceptors (Lipinski definition) is 4. The van der Waals surface area contributed by atoms with Gasteiger partial charge in [0.25, 0.3) is 5.91 Å². The molecule has 2 aromatic heterocycles. The van der Waals surface area contributed by atoms with Crippen LogP contribution in [0.15, 0.2) is 18.2 Å². The van der Waals surface area contributed by atoms with Crippen molar-refractivity contribution in [1.29, 1.82) is 0 Å². The summed E-state index contributed by atoms with van der Waals surface area (Å²) in [4.78, 5) is 23.8. The molecule has 30 heavy (non-hydrogen) atoms. The van der Waals surface area contributed by atoms with Crippen molar-refractivity contribution in [2.45, 2.75) is 52.0 Å². The van der Waals surface area contributed by atoms with E-state index >= 15 is 0 Å². The van der Waals surface area contributed by atoms with Crippen LogP contribution in [-0.4, -0.2) is 56.6 Å². The minimum absolute atomic E-state index is 0.0584. The Morgan fingerprint density at radius 3 is 2.67 bits per heavy atom. The lowest BCUT2D eigenvalue weighted by Gasteiger charge is -2.44.